The van der Waals surface area contributed by atoms with Gasteiger partial charge in [-0.3, -0.25) is 9.78 Å². The smallest absolute Gasteiger partial charge is 0.257 e. The number of carbonyl (C=O) groups excluding carboxylic acids is 1. The topological polar surface area (TPSA) is 54.0 Å². The molecule has 3 rings (SSSR count). The summed E-state index contributed by atoms with van der Waals surface area (Å²) in [6, 6.07) is 19.8. The minimum atomic E-state index is -0.172. The summed E-state index contributed by atoms with van der Waals surface area (Å²) < 4.78 is 0. The standard InChI is InChI=1S/C21H21N3O/c1-15-7-6-10-19(11-15)24-21(25)18-12-20(14-22-13-18)23-16(2)17-8-4-3-5-9-17/h3-14,16,23H,1-2H3,(H,24,25). The van der Waals surface area contributed by atoms with Gasteiger partial charge in [-0.2, -0.15) is 0 Å². The monoisotopic (exact) mass is 331 g/mol. The van der Waals surface area contributed by atoms with E-state index in [-0.39, 0.29) is 11.9 Å². The highest BCUT2D eigenvalue weighted by Gasteiger charge is 2.10. The fraction of sp³-hybridized carbons (Fsp3) is 0.143. The van der Waals surface area contributed by atoms with Crippen molar-refractivity contribution in [2.45, 2.75) is 19.9 Å². The van der Waals surface area contributed by atoms with E-state index in [4.69, 9.17) is 0 Å². The molecule has 0 aliphatic heterocycles. The fourth-order valence-corrected chi connectivity index (χ4v) is 2.64. The number of benzene rings is 2. The average Bonchev–Trinajstić information content (AvgIpc) is 2.62. The molecule has 0 saturated carbocycles. The van der Waals surface area contributed by atoms with Crippen LogP contribution >= 0.6 is 0 Å². The Kier molecular flexibility index (Phi) is 5.09. The quantitative estimate of drug-likeness (QED) is 0.705. The number of hydrogen-bond donors (Lipinski definition) is 2. The van der Waals surface area contributed by atoms with Crippen molar-refractivity contribution in [1.29, 1.82) is 0 Å². The van der Waals surface area contributed by atoms with Gasteiger partial charge < -0.3 is 10.6 Å². The minimum absolute atomic E-state index is 0.123. The first-order valence-corrected chi connectivity index (χ1v) is 8.26. The zero-order chi connectivity index (χ0) is 17.6. The molecule has 1 aromatic heterocycles. The molecule has 1 unspecified atom stereocenters. The molecule has 4 nitrogen and oxygen atoms in total. The highest BCUT2D eigenvalue weighted by Crippen LogP contribution is 2.19. The number of carbonyl (C=O) groups is 1. The van der Waals surface area contributed by atoms with Crippen LogP contribution in [0.25, 0.3) is 0 Å². The number of nitrogens with one attached hydrogen (secondary N) is 2. The zero-order valence-electron chi connectivity index (χ0n) is 14.4. The van der Waals surface area contributed by atoms with Gasteiger partial charge in [-0.25, -0.2) is 0 Å². The van der Waals surface area contributed by atoms with Gasteiger partial charge in [0.05, 0.1) is 11.3 Å². The van der Waals surface area contributed by atoms with Crippen LogP contribution in [0, 0.1) is 6.92 Å². The Hall–Kier alpha value is -3.14. The summed E-state index contributed by atoms with van der Waals surface area (Å²) in [4.78, 5) is 16.6. The summed E-state index contributed by atoms with van der Waals surface area (Å²) >= 11 is 0. The van der Waals surface area contributed by atoms with E-state index >= 15 is 0 Å². The summed E-state index contributed by atoms with van der Waals surface area (Å²) in [5, 5.41) is 6.29. The normalized spacial score (nSPS) is 11.6. The van der Waals surface area contributed by atoms with Gasteiger partial charge in [-0.05, 0) is 43.2 Å². The number of aryl methyl sites for hydroxylation is 1. The molecule has 126 valence electrons. The number of hydrogen-bond acceptors (Lipinski definition) is 3. The number of pyridine rings is 1. The van der Waals surface area contributed by atoms with Crippen molar-refractivity contribution >= 4 is 17.3 Å². The molecule has 2 N–H and O–H groups in total. The molecule has 0 spiro atoms. The number of anilines is 2. The van der Waals surface area contributed by atoms with Crippen molar-refractivity contribution in [3.05, 3.63) is 89.7 Å². The Bertz CT molecular complexity index is 862. The van der Waals surface area contributed by atoms with Crippen molar-refractivity contribution in [1.82, 2.24) is 4.98 Å². The van der Waals surface area contributed by atoms with Crippen LogP contribution in [-0.2, 0) is 0 Å². The SMILES string of the molecule is Cc1cccc(NC(=O)c2cncc(NC(C)c3ccccc3)c2)c1. The summed E-state index contributed by atoms with van der Waals surface area (Å²) in [7, 11) is 0. The number of nitrogens with zero attached hydrogens (tertiary/aromatic N) is 1. The van der Waals surface area contributed by atoms with Crippen molar-refractivity contribution in [3.63, 3.8) is 0 Å². The van der Waals surface area contributed by atoms with E-state index in [1.54, 1.807) is 12.4 Å². The lowest BCUT2D eigenvalue weighted by Crippen LogP contribution is -2.13. The van der Waals surface area contributed by atoms with Crippen LogP contribution in [0.4, 0.5) is 11.4 Å². The van der Waals surface area contributed by atoms with Crippen LogP contribution in [0.1, 0.15) is 34.5 Å². The molecule has 0 bridgehead atoms. The Morgan fingerprint density at radius 3 is 2.52 bits per heavy atom. The van der Waals surface area contributed by atoms with E-state index in [1.165, 1.54) is 5.56 Å². The predicted molar refractivity (Wildman–Crippen MR) is 102 cm³/mol. The van der Waals surface area contributed by atoms with Crippen molar-refractivity contribution in [3.8, 4) is 0 Å². The van der Waals surface area contributed by atoms with Crippen molar-refractivity contribution < 1.29 is 4.79 Å². The maximum absolute atomic E-state index is 12.5. The molecule has 25 heavy (non-hydrogen) atoms. The van der Waals surface area contributed by atoms with Crippen molar-refractivity contribution in [2.75, 3.05) is 10.6 Å². The zero-order valence-corrected chi connectivity index (χ0v) is 14.4. The minimum Gasteiger partial charge on any atom is -0.377 e. The molecular formula is C21H21N3O. The Labute approximate surface area is 147 Å². The van der Waals surface area contributed by atoms with Crippen LogP contribution in [0.15, 0.2) is 73.1 Å². The van der Waals surface area contributed by atoms with Gasteiger partial charge in [0.25, 0.3) is 5.91 Å². The number of aromatic nitrogens is 1. The Morgan fingerprint density at radius 1 is 0.960 bits per heavy atom. The maximum atomic E-state index is 12.5. The summed E-state index contributed by atoms with van der Waals surface area (Å²) in [6.45, 7) is 4.07. The second-order valence-corrected chi connectivity index (χ2v) is 6.06. The first kappa shape index (κ1) is 16.7. The third-order valence-electron chi connectivity index (χ3n) is 3.96. The third-order valence-corrected chi connectivity index (χ3v) is 3.96. The van der Waals surface area contributed by atoms with Crippen LogP contribution in [0.2, 0.25) is 0 Å². The summed E-state index contributed by atoms with van der Waals surface area (Å²) in [5.41, 5.74) is 4.39. The maximum Gasteiger partial charge on any atom is 0.257 e. The van der Waals surface area contributed by atoms with Gasteiger partial charge in [0.1, 0.15) is 0 Å². The van der Waals surface area contributed by atoms with E-state index in [2.05, 4.69) is 34.7 Å². The van der Waals surface area contributed by atoms with E-state index in [1.807, 2.05) is 55.5 Å². The largest absolute Gasteiger partial charge is 0.377 e. The first-order chi connectivity index (χ1) is 12.1. The summed E-state index contributed by atoms with van der Waals surface area (Å²) in [5.74, 6) is -0.172. The molecule has 0 aliphatic carbocycles. The van der Waals surface area contributed by atoms with Gasteiger partial charge in [-0.15, -0.1) is 0 Å². The summed E-state index contributed by atoms with van der Waals surface area (Å²) in [6.07, 6.45) is 3.30. The molecule has 0 aliphatic rings. The van der Waals surface area contributed by atoms with Crippen LogP contribution in [-0.4, -0.2) is 10.9 Å². The van der Waals surface area contributed by atoms with Gasteiger partial charge in [0, 0.05) is 24.1 Å². The van der Waals surface area contributed by atoms with Crippen molar-refractivity contribution in [2.24, 2.45) is 0 Å². The van der Waals surface area contributed by atoms with Crippen LogP contribution < -0.4 is 10.6 Å². The Morgan fingerprint density at radius 2 is 1.76 bits per heavy atom. The third kappa shape index (κ3) is 4.44. The van der Waals surface area contributed by atoms with Gasteiger partial charge in [-0.1, -0.05) is 42.5 Å². The Balaban J connectivity index is 1.71. The molecular weight excluding hydrogens is 310 g/mol. The van der Waals surface area contributed by atoms with Crippen LogP contribution in [0.3, 0.4) is 0 Å². The van der Waals surface area contributed by atoms with Gasteiger partial charge >= 0.3 is 0 Å². The highest BCUT2D eigenvalue weighted by molar-refractivity contribution is 6.04. The highest BCUT2D eigenvalue weighted by atomic mass is 16.1. The van der Waals surface area contributed by atoms with Crippen LogP contribution in [0.5, 0.6) is 0 Å². The lowest BCUT2D eigenvalue weighted by atomic mass is 10.1. The van der Waals surface area contributed by atoms with Gasteiger partial charge in [0.2, 0.25) is 0 Å². The second kappa shape index (κ2) is 7.62. The van der Waals surface area contributed by atoms with E-state index in [0.717, 1.165) is 16.9 Å². The number of amides is 1. The molecule has 1 amide bonds. The van der Waals surface area contributed by atoms with E-state index < -0.39 is 0 Å². The molecule has 1 heterocycles. The average molecular weight is 331 g/mol. The molecule has 0 saturated heterocycles. The first-order valence-electron chi connectivity index (χ1n) is 8.26. The fourth-order valence-electron chi connectivity index (χ4n) is 2.64. The molecule has 1 atom stereocenters. The lowest BCUT2D eigenvalue weighted by molar-refractivity contribution is 0.102. The van der Waals surface area contributed by atoms with E-state index in [0.29, 0.717) is 5.56 Å². The predicted octanol–water partition coefficient (Wildman–Crippen LogP) is 4.82. The van der Waals surface area contributed by atoms with E-state index in [9.17, 15) is 4.79 Å². The van der Waals surface area contributed by atoms with Gasteiger partial charge in [0.15, 0.2) is 0 Å². The molecule has 4 heteroatoms. The molecule has 0 fully saturated rings. The second-order valence-electron chi connectivity index (χ2n) is 6.06. The molecule has 0 radical (unpaired) electrons. The molecule has 2 aromatic carbocycles. The lowest BCUT2D eigenvalue weighted by Gasteiger charge is -2.16. The number of rotatable bonds is 5. The molecule has 3 aromatic rings.